The first-order chi connectivity index (χ1) is 17.0. The predicted molar refractivity (Wildman–Crippen MR) is 133 cm³/mol. The van der Waals surface area contributed by atoms with Crippen molar-refractivity contribution in [1.82, 2.24) is 14.8 Å². The molecule has 0 saturated heterocycles. The van der Waals surface area contributed by atoms with Crippen LogP contribution in [0, 0.1) is 9.39 Å². The SMILES string of the molecule is COc1cc(-n2nc(-c3c(Cl)cccc3I)[nH]c2=O)ccc1C(=O)Cc1ccc(F)c(C(F)(F)F)c1. The lowest BCUT2D eigenvalue weighted by Gasteiger charge is -2.12. The Bertz CT molecular complexity index is 1510. The lowest BCUT2D eigenvalue weighted by Crippen LogP contribution is -2.16. The molecule has 0 radical (unpaired) electrons. The van der Waals surface area contributed by atoms with E-state index in [1.54, 1.807) is 18.2 Å². The number of hydrogen-bond acceptors (Lipinski definition) is 4. The third kappa shape index (κ3) is 5.16. The molecular weight excluding hydrogens is 617 g/mol. The van der Waals surface area contributed by atoms with E-state index in [1.165, 1.54) is 25.3 Å². The first kappa shape index (κ1) is 25.9. The highest BCUT2D eigenvalue weighted by molar-refractivity contribution is 14.1. The predicted octanol–water partition coefficient (Wildman–Crippen LogP) is 6.08. The molecular formula is C24H15ClF4IN3O3. The van der Waals surface area contributed by atoms with Gasteiger partial charge in [-0.15, -0.1) is 5.10 Å². The number of nitrogens with one attached hydrogen (secondary N) is 1. The normalized spacial score (nSPS) is 11.5. The van der Waals surface area contributed by atoms with E-state index in [-0.39, 0.29) is 28.4 Å². The topological polar surface area (TPSA) is 77.0 Å². The molecule has 0 saturated carbocycles. The fraction of sp³-hybridized carbons (Fsp3) is 0.125. The molecule has 0 aliphatic carbocycles. The molecule has 0 unspecified atom stereocenters. The van der Waals surface area contributed by atoms with Crippen LogP contribution in [0.5, 0.6) is 5.75 Å². The van der Waals surface area contributed by atoms with E-state index in [9.17, 15) is 27.2 Å². The Hall–Kier alpha value is -3.19. The van der Waals surface area contributed by atoms with Crippen molar-refractivity contribution in [3.8, 4) is 22.8 Å². The summed E-state index contributed by atoms with van der Waals surface area (Å²) in [4.78, 5) is 28.1. The summed E-state index contributed by atoms with van der Waals surface area (Å²) in [7, 11) is 1.31. The zero-order chi connectivity index (χ0) is 26.2. The number of aromatic amines is 1. The molecule has 0 aliphatic rings. The molecule has 1 N–H and O–H groups in total. The summed E-state index contributed by atoms with van der Waals surface area (Å²) < 4.78 is 59.7. The van der Waals surface area contributed by atoms with Gasteiger partial charge in [0.15, 0.2) is 11.6 Å². The summed E-state index contributed by atoms with van der Waals surface area (Å²) in [5, 5.41) is 4.71. The zero-order valence-corrected chi connectivity index (χ0v) is 21.2. The number of nitrogens with zero attached hydrogens (tertiary/aromatic N) is 2. The van der Waals surface area contributed by atoms with Crippen LogP contribution in [0.15, 0.2) is 59.4 Å². The van der Waals surface area contributed by atoms with Crippen LogP contribution in [-0.4, -0.2) is 27.7 Å². The minimum Gasteiger partial charge on any atom is -0.496 e. The van der Waals surface area contributed by atoms with Gasteiger partial charge in [0.1, 0.15) is 11.6 Å². The van der Waals surface area contributed by atoms with Gasteiger partial charge in [0.05, 0.1) is 34.5 Å². The maximum Gasteiger partial charge on any atom is 0.419 e. The number of carbonyl (C=O) groups excluding carboxylic acids is 1. The number of carbonyl (C=O) groups is 1. The van der Waals surface area contributed by atoms with Crippen molar-refractivity contribution in [1.29, 1.82) is 0 Å². The van der Waals surface area contributed by atoms with Crippen molar-refractivity contribution < 1.29 is 27.1 Å². The molecule has 0 atom stereocenters. The number of methoxy groups -OCH3 is 1. The van der Waals surface area contributed by atoms with E-state index in [0.717, 1.165) is 14.3 Å². The molecule has 0 fully saturated rings. The number of halogens is 6. The van der Waals surface area contributed by atoms with Crippen LogP contribution in [0.25, 0.3) is 17.1 Å². The summed E-state index contributed by atoms with van der Waals surface area (Å²) in [6.07, 6.45) is -5.31. The Morgan fingerprint density at radius 2 is 1.92 bits per heavy atom. The summed E-state index contributed by atoms with van der Waals surface area (Å²) in [6.45, 7) is 0. The van der Waals surface area contributed by atoms with E-state index < -0.39 is 35.5 Å². The minimum atomic E-state index is -4.89. The number of alkyl halides is 3. The van der Waals surface area contributed by atoms with Gasteiger partial charge in [-0.3, -0.25) is 9.78 Å². The fourth-order valence-electron chi connectivity index (χ4n) is 3.56. The van der Waals surface area contributed by atoms with E-state index in [4.69, 9.17) is 16.3 Å². The van der Waals surface area contributed by atoms with Gasteiger partial charge in [-0.2, -0.15) is 17.9 Å². The number of rotatable bonds is 6. The Labute approximate surface area is 220 Å². The van der Waals surface area contributed by atoms with Gasteiger partial charge in [-0.25, -0.2) is 9.18 Å². The molecule has 1 heterocycles. The van der Waals surface area contributed by atoms with Crippen LogP contribution in [-0.2, 0) is 12.6 Å². The number of hydrogen-bond donors (Lipinski definition) is 1. The van der Waals surface area contributed by atoms with Gasteiger partial charge < -0.3 is 4.74 Å². The van der Waals surface area contributed by atoms with Crippen molar-refractivity contribution in [3.63, 3.8) is 0 Å². The van der Waals surface area contributed by atoms with Gasteiger partial charge in [-0.1, -0.05) is 23.7 Å². The Morgan fingerprint density at radius 3 is 2.58 bits per heavy atom. The highest BCUT2D eigenvalue weighted by Crippen LogP contribution is 2.33. The average Bonchev–Trinajstić information content (AvgIpc) is 3.20. The summed E-state index contributed by atoms with van der Waals surface area (Å²) in [5.41, 5.74) is -1.12. The van der Waals surface area contributed by atoms with Crippen LogP contribution in [0.3, 0.4) is 0 Å². The molecule has 0 aliphatic heterocycles. The van der Waals surface area contributed by atoms with Gasteiger partial charge in [0, 0.05) is 16.1 Å². The van der Waals surface area contributed by atoms with E-state index in [1.807, 2.05) is 0 Å². The number of H-pyrrole nitrogens is 1. The van der Waals surface area contributed by atoms with Crippen molar-refractivity contribution in [2.75, 3.05) is 7.11 Å². The summed E-state index contributed by atoms with van der Waals surface area (Å²) in [6, 6.07) is 11.9. The standard InChI is InChI=1S/C24H15ClF4IN3O3/c1-36-20-11-13(33-23(35)31-22(32-33)21-16(25)3-2-4-18(21)30)6-7-14(20)19(34)10-12-5-8-17(26)15(9-12)24(27,28)29/h2-9,11H,10H2,1H3,(H,31,32,35). The third-order valence-corrected chi connectivity index (χ3v) is 6.46. The largest absolute Gasteiger partial charge is 0.496 e. The van der Waals surface area contributed by atoms with Gasteiger partial charge >= 0.3 is 11.9 Å². The zero-order valence-electron chi connectivity index (χ0n) is 18.3. The van der Waals surface area contributed by atoms with Gasteiger partial charge in [0.2, 0.25) is 0 Å². The molecule has 0 spiro atoms. The number of aromatic nitrogens is 3. The van der Waals surface area contributed by atoms with Crippen LogP contribution in [0.4, 0.5) is 17.6 Å². The molecule has 0 bridgehead atoms. The number of Topliss-reactive ketones (excluding diaryl/α,β-unsaturated/α-hetero) is 1. The molecule has 4 aromatic rings. The monoisotopic (exact) mass is 631 g/mol. The molecule has 1 aromatic heterocycles. The maximum absolute atomic E-state index is 13.6. The summed E-state index contributed by atoms with van der Waals surface area (Å²) >= 11 is 8.34. The van der Waals surface area contributed by atoms with Crippen molar-refractivity contribution in [2.24, 2.45) is 0 Å². The first-order valence-corrected chi connectivity index (χ1v) is 11.7. The minimum absolute atomic E-state index is 0.0117. The second kappa shape index (κ2) is 10.1. The van der Waals surface area contributed by atoms with Crippen LogP contribution < -0.4 is 10.4 Å². The Morgan fingerprint density at radius 1 is 1.17 bits per heavy atom. The molecule has 36 heavy (non-hydrogen) atoms. The van der Waals surface area contributed by atoms with Crippen molar-refractivity contribution in [3.05, 3.63) is 96.2 Å². The smallest absolute Gasteiger partial charge is 0.419 e. The maximum atomic E-state index is 13.6. The van der Waals surface area contributed by atoms with Crippen molar-refractivity contribution in [2.45, 2.75) is 12.6 Å². The molecule has 3 aromatic carbocycles. The lowest BCUT2D eigenvalue weighted by molar-refractivity contribution is -0.140. The second-order valence-corrected chi connectivity index (χ2v) is 9.15. The highest BCUT2D eigenvalue weighted by atomic mass is 127. The second-order valence-electron chi connectivity index (χ2n) is 7.58. The van der Waals surface area contributed by atoms with E-state index >= 15 is 0 Å². The van der Waals surface area contributed by atoms with Crippen molar-refractivity contribution >= 4 is 40.0 Å². The highest BCUT2D eigenvalue weighted by Gasteiger charge is 2.34. The molecule has 12 heteroatoms. The Kier molecular flexibility index (Phi) is 7.23. The number of ether oxygens (including phenoxy) is 1. The van der Waals surface area contributed by atoms with E-state index in [0.29, 0.717) is 22.7 Å². The van der Waals surface area contributed by atoms with Gasteiger partial charge in [0.25, 0.3) is 0 Å². The van der Waals surface area contributed by atoms with Crippen LogP contribution >= 0.6 is 34.2 Å². The van der Waals surface area contributed by atoms with E-state index in [2.05, 4.69) is 32.7 Å². The van der Waals surface area contributed by atoms with Gasteiger partial charge in [-0.05, 0) is 64.6 Å². The first-order valence-electron chi connectivity index (χ1n) is 10.2. The third-order valence-electron chi connectivity index (χ3n) is 5.25. The summed E-state index contributed by atoms with van der Waals surface area (Å²) in [5.74, 6) is -1.65. The Balaban J connectivity index is 1.66. The lowest BCUT2D eigenvalue weighted by atomic mass is 10.00. The molecule has 4 rings (SSSR count). The molecule has 0 amide bonds. The molecule has 186 valence electrons. The van der Waals surface area contributed by atoms with Crippen LogP contribution in [0.2, 0.25) is 5.02 Å². The number of ketones is 1. The number of benzene rings is 3. The average molecular weight is 632 g/mol. The fourth-order valence-corrected chi connectivity index (χ4v) is 4.74. The quantitative estimate of drug-likeness (QED) is 0.159. The molecule has 6 nitrogen and oxygen atoms in total. The van der Waals surface area contributed by atoms with Crippen LogP contribution in [0.1, 0.15) is 21.5 Å².